The molecule has 3 aromatic rings. The number of hydrogen-bond acceptors (Lipinski definition) is 5. The van der Waals surface area contributed by atoms with Crippen LogP contribution in [0, 0.1) is 12.7 Å². The molecule has 5 nitrogen and oxygen atoms in total. The Kier molecular flexibility index (Phi) is 5.35. The summed E-state index contributed by atoms with van der Waals surface area (Å²) in [4.78, 5) is 21.0. The number of aryl methyl sites for hydroxylation is 1. The van der Waals surface area contributed by atoms with Crippen molar-refractivity contribution in [1.29, 1.82) is 0 Å². The van der Waals surface area contributed by atoms with E-state index in [1.807, 2.05) is 12.3 Å². The van der Waals surface area contributed by atoms with Crippen LogP contribution in [-0.4, -0.2) is 22.4 Å². The van der Waals surface area contributed by atoms with Crippen LogP contribution in [0.15, 0.2) is 48.0 Å². The second-order valence-corrected chi connectivity index (χ2v) is 6.37. The number of carbonyl (C=O) groups is 1. The highest BCUT2D eigenvalue weighted by atomic mass is 32.1. The molecule has 0 atom stereocenters. The summed E-state index contributed by atoms with van der Waals surface area (Å²) < 4.78 is 13.3. The average molecular weight is 356 g/mol. The van der Waals surface area contributed by atoms with E-state index in [-0.39, 0.29) is 11.7 Å². The molecule has 0 saturated heterocycles. The van der Waals surface area contributed by atoms with Gasteiger partial charge in [0.15, 0.2) is 0 Å². The standard InChI is InChI=1S/C18H17FN4OS/c1-12-11-25-16(22-12)7-9-21-18(24)15-6-3-8-20-17(15)23-14-5-2-4-13(19)10-14/h2-6,8,10-11H,7,9H2,1H3,(H,20,23)(H,21,24). The van der Waals surface area contributed by atoms with E-state index in [0.29, 0.717) is 30.0 Å². The highest BCUT2D eigenvalue weighted by molar-refractivity contribution is 7.09. The van der Waals surface area contributed by atoms with Crippen LogP contribution in [0.25, 0.3) is 0 Å². The summed E-state index contributed by atoms with van der Waals surface area (Å²) in [6.07, 6.45) is 2.26. The molecule has 1 aromatic carbocycles. The number of rotatable bonds is 6. The second-order valence-electron chi connectivity index (χ2n) is 5.42. The van der Waals surface area contributed by atoms with E-state index in [1.54, 1.807) is 41.8 Å². The Morgan fingerprint density at radius 3 is 2.92 bits per heavy atom. The Balaban J connectivity index is 1.66. The Morgan fingerprint density at radius 1 is 1.28 bits per heavy atom. The first-order chi connectivity index (χ1) is 12.1. The van der Waals surface area contributed by atoms with Gasteiger partial charge in [-0.3, -0.25) is 4.79 Å². The third kappa shape index (κ3) is 4.60. The van der Waals surface area contributed by atoms with Crippen LogP contribution in [-0.2, 0) is 6.42 Å². The quantitative estimate of drug-likeness (QED) is 0.707. The highest BCUT2D eigenvalue weighted by Gasteiger charge is 2.12. The van der Waals surface area contributed by atoms with Crippen LogP contribution < -0.4 is 10.6 Å². The molecule has 128 valence electrons. The van der Waals surface area contributed by atoms with Gasteiger partial charge in [0.2, 0.25) is 0 Å². The summed E-state index contributed by atoms with van der Waals surface area (Å²) in [7, 11) is 0. The molecule has 0 aliphatic rings. The number of benzene rings is 1. The maximum absolute atomic E-state index is 13.3. The fourth-order valence-corrected chi connectivity index (χ4v) is 3.06. The lowest BCUT2D eigenvalue weighted by atomic mass is 10.2. The second kappa shape index (κ2) is 7.85. The molecule has 0 radical (unpaired) electrons. The number of thiazole rings is 1. The van der Waals surface area contributed by atoms with Crippen LogP contribution in [0.5, 0.6) is 0 Å². The van der Waals surface area contributed by atoms with Crippen molar-refractivity contribution in [3.8, 4) is 0 Å². The topological polar surface area (TPSA) is 66.9 Å². The Bertz CT molecular complexity index is 881. The predicted molar refractivity (Wildman–Crippen MR) is 96.8 cm³/mol. The van der Waals surface area contributed by atoms with Crippen LogP contribution in [0.2, 0.25) is 0 Å². The van der Waals surface area contributed by atoms with Crippen molar-refractivity contribution in [2.45, 2.75) is 13.3 Å². The molecule has 2 aromatic heterocycles. The zero-order chi connectivity index (χ0) is 17.6. The van der Waals surface area contributed by atoms with Crippen LogP contribution in [0.4, 0.5) is 15.9 Å². The molecule has 0 aliphatic heterocycles. The summed E-state index contributed by atoms with van der Waals surface area (Å²) in [5, 5.41) is 8.82. The minimum absolute atomic E-state index is 0.236. The van der Waals surface area contributed by atoms with Crippen LogP contribution in [0.1, 0.15) is 21.1 Å². The van der Waals surface area contributed by atoms with Gasteiger partial charge in [-0.1, -0.05) is 6.07 Å². The van der Waals surface area contributed by atoms with E-state index in [2.05, 4.69) is 20.6 Å². The lowest BCUT2D eigenvalue weighted by Crippen LogP contribution is -2.26. The van der Waals surface area contributed by atoms with Crippen molar-refractivity contribution in [2.24, 2.45) is 0 Å². The summed E-state index contributed by atoms with van der Waals surface area (Å²) >= 11 is 1.58. The van der Waals surface area contributed by atoms with E-state index in [9.17, 15) is 9.18 Å². The summed E-state index contributed by atoms with van der Waals surface area (Å²) in [5.74, 6) is -0.207. The van der Waals surface area contributed by atoms with Gasteiger partial charge in [-0.05, 0) is 37.3 Å². The van der Waals surface area contributed by atoms with Gasteiger partial charge < -0.3 is 10.6 Å². The molecule has 0 aliphatic carbocycles. The molecule has 25 heavy (non-hydrogen) atoms. The van der Waals surface area contributed by atoms with Crippen molar-refractivity contribution < 1.29 is 9.18 Å². The zero-order valence-corrected chi connectivity index (χ0v) is 14.4. The fraction of sp³-hybridized carbons (Fsp3) is 0.167. The van der Waals surface area contributed by atoms with Crippen LogP contribution in [0.3, 0.4) is 0 Å². The van der Waals surface area contributed by atoms with E-state index in [4.69, 9.17) is 0 Å². The summed E-state index contributed by atoms with van der Waals surface area (Å²) in [5.41, 5.74) is 1.92. The molecule has 0 unspecified atom stereocenters. The number of anilines is 2. The van der Waals surface area contributed by atoms with Gasteiger partial charge in [-0.15, -0.1) is 11.3 Å². The normalized spacial score (nSPS) is 10.5. The smallest absolute Gasteiger partial charge is 0.255 e. The van der Waals surface area contributed by atoms with Gasteiger partial charge >= 0.3 is 0 Å². The van der Waals surface area contributed by atoms with Crippen molar-refractivity contribution >= 4 is 28.7 Å². The number of nitrogens with zero attached hydrogens (tertiary/aromatic N) is 2. The first-order valence-electron chi connectivity index (χ1n) is 7.78. The molecule has 0 spiro atoms. The first-order valence-corrected chi connectivity index (χ1v) is 8.66. The maximum atomic E-state index is 13.3. The minimum atomic E-state index is -0.356. The van der Waals surface area contributed by atoms with Gasteiger partial charge in [0.05, 0.1) is 10.6 Å². The molecule has 1 amide bonds. The fourth-order valence-electron chi connectivity index (χ4n) is 2.29. The first kappa shape index (κ1) is 17.0. The van der Waals surface area contributed by atoms with Crippen molar-refractivity contribution in [3.05, 3.63) is 70.1 Å². The minimum Gasteiger partial charge on any atom is -0.351 e. The molecular weight excluding hydrogens is 339 g/mol. The zero-order valence-electron chi connectivity index (χ0n) is 13.6. The number of aromatic nitrogens is 2. The molecule has 7 heteroatoms. The van der Waals surface area contributed by atoms with Crippen molar-refractivity contribution in [1.82, 2.24) is 15.3 Å². The summed E-state index contributed by atoms with van der Waals surface area (Å²) in [6, 6.07) is 9.38. The summed E-state index contributed by atoms with van der Waals surface area (Å²) in [6.45, 7) is 2.43. The third-order valence-corrected chi connectivity index (χ3v) is 4.46. The molecule has 3 rings (SSSR count). The molecule has 0 saturated carbocycles. The Labute approximate surface area is 149 Å². The highest BCUT2D eigenvalue weighted by Crippen LogP contribution is 2.19. The largest absolute Gasteiger partial charge is 0.351 e. The number of carbonyl (C=O) groups excluding carboxylic acids is 1. The van der Waals surface area contributed by atoms with E-state index in [1.165, 1.54) is 12.1 Å². The SMILES string of the molecule is Cc1csc(CCNC(=O)c2cccnc2Nc2cccc(F)c2)n1. The van der Waals surface area contributed by atoms with Gasteiger partial charge in [-0.25, -0.2) is 14.4 Å². The lowest BCUT2D eigenvalue weighted by Gasteiger charge is -2.11. The van der Waals surface area contributed by atoms with Crippen molar-refractivity contribution in [2.75, 3.05) is 11.9 Å². The predicted octanol–water partition coefficient (Wildman–Crippen LogP) is 3.70. The molecule has 2 heterocycles. The Hall–Kier alpha value is -2.80. The van der Waals surface area contributed by atoms with Crippen LogP contribution >= 0.6 is 11.3 Å². The van der Waals surface area contributed by atoms with Gasteiger partial charge in [0.25, 0.3) is 5.91 Å². The van der Waals surface area contributed by atoms with Gasteiger partial charge in [0.1, 0.15) is 11.6 Å². The van der Waals surface area contributed by atoms with Gasteiger partial charge in [0, 0.05) is 35.9 Å². The third-order valence-electron chi connectivity index (χ3n) is 3.43. The number of amides is 1. The lowest BCUT2D eigenvalue weighted by molar-refractivity contribution is 0.0954. The molecule has 0 fully saturated rings. The van der Waals surface area contributed by atoms with E-state index < -0.39 is 0 Å². The van der Waals surface area contributed by atoms with Crippen molar-refractivity contribution in [3.63, 3.8) is 0 Å². The maximum Gasteiger partial charge on any atom is 0.255 e. The average Bonchev–Trinajstić information content (AvgIpc) is 3.00. The number of halogens is 1. The molecule has 0 bridgehead atoms. The number of nitrogens with one attached hydrogen (secondary N) is 2. The monoisotopic (exact) mass is 356 g/mol. The Morgan fingerprint density at radius 2 is 2.16 bits per heavy atom. The molecule has 2 N–H and O–H groups in total. The number of pyridine rings is 1. The number of hydrogen-bond donors (Lipinski definition) is 2. The van der Waals surface area contributed by atoms with Gasteiger partial charge in [-0.2, -0.15) is 0 Å². The molecular formula is C18H17FN4OS. The van der Waals surface area contributed by atoms with E-state index >= 15 is 0 Å². The van der Waals surface area contributed by atoms with E-state index in [0.717, 1.165) is 10.7 Å².